The largest absolute Gasteiger partial charge is 0.481 e. The van der Waals surface area contributed by atoms with Crippen LogP contribution in [0.3, 0.4) is 0 Å². The SMILES string of the molecule is O=C(Cc1ccc2c(c1)OCO2)N1CC[C@H](O)[C@@](Cc2ccccc2)(C(=O)O)C1. The number of aliphatic carboxylic acids is 1. The van der Waals surface area contributed by atoms with E-state index in [1.165, 1.54) is 0 Å². The van der Waals surface area contributed by atoms with Gasteiger partial charge in [0.15, 0.2) is 11.5 Å². The van der Waals surface area contributed by atoms with Gasteiger partial charge in [0.25, 0.3) is 0 Å². The molecule has 0 spiro atoms. The average Bonchev–Trinajstić information content (AvgIpc) is 3.18. The first kappa shape index (κ1) is 19.3. The van der Waals surface area contributed by atoms with Gasteiger partial charge >= 0.3 is 5.97 Å². The first-order chi connectivity index (χ1) is 14.0. The van der Waals surface area contributed by atoms with Gasteiger partial charge in [-0.15, -0.1) is 0 Å². The molecule has 0 bridgehead atoms. The molecule has 29 heavy (non-hydrogen) atoms. The number of hydrogen-bond donors (Lipinski definition) is 2. The number of aliphatic hydroxyl groups is 1. The summed E-state index contributed by atoms with van der Waals surface area (Å²) in [6, 6.07) is 14.5. The van der Waals surface area contributed by atoms with E-state index in [0.29, 0.717) is 18.0 Å². The van der Waals surface area contributed by atoms with Crippen molar-refractivity contribution in [1.82, 2.24) is 4.90 Å². The maximum absolute atomic E-state index is 12.9. The molecule has 0 aliphatic carbocycles. The number of fused-ring (bicyclic) bond motifs is 1. The molecule has 2 heterocycles. The molecule has 152 valence electrons. The molecule has 1 amide bonds. The number of nitrogens with zero attached hydrogens (tertiary/aromatic N) is 1. The third-order valence-corrected chi connectivity index (χ3v) is 5.72. The Kier molecular flexibility index (Phi) is 5.15. The first-order valence-electron chi connectivity index (χ1n) is 9.60. The van der Waals surface area contributed by atoms with Crippen LogP contribution >= 0.6 is 0 Å². The molecule has 1 saturated heterocycles. The topological polar surface area (TPSA) is 96.3 Å². The number of carboxylic acid groups (broad SMARTS) is 1. The Morgan fingerprint density at radius 2 is 1.83 bits per heavy atom. The number of carbonyl (C=O) groups is 2. The number of ether oxygens (including phenoxy) is 2. The molecule has 0 unspecified atom stereocenters. The number of likely N-dealkylation sites (tertiary alicyclic amines) is 1. The summed E-state index contributed by atoms with van der Waals surface area (Å²) in [6.07, 6.45) is -0.493. The van der Waals surface area contributed by atoms with Crippen LogP contribution in [0.4, 0.5) is 0 Å². The first-order valence-corrected chi connectivity index (χ1v) is 9.60. The summed E-state index contributed by atoms with van der Waals surface area (Å²) in [5.41, 5.74) is 0.165. The third kappa shape index (κ3) is 3.78. The Morgan fingerprint density at radius 3 is 2.59 bits per heavy atom. The Balaban J connectivity index is 1.52. The minimum absolute atomic E-state index is 0.0260. The number of carboxylic acids is 1. The van der Waals surface area contributed by atoms with Gasteiger partial charge < -0.3 is 24.6 Å². The van der Waals surface area contributed by atoms with Crippen LogP contribution in [0.2, 0.25) is 0 Å². The second-order valence-electron chi connectivity index (χ2n) is 7.61. The van der Waals surface area contributed by atoms with Gasteiger partial charge in [-0.1, -0.05) is 36.4 Å². The van der Waals surface area contributed by atoms with Gasteiger partial charge in [0.05, 0.1) is 12.5 Å². The van der Waals surface area contributed by atoms with E-state index < -0.39 is 17.5 Å². The van der Waals surface area contributed by atoms with Gasteiger partial charge in [-0.3, -0.25) is 9.59 Å². The van der Waals surface area contributed by atoms with Crippen LogP contribution in [0, 0.1) is 5.41 Å². The van der Waals surface area contributed by atoms with Crippen LogP contribution in [0.1, 0.15) is 17.5 Å². The van der Waals surface area contributed by atoms with E-state index in [0.717, 1.165) is 11.1 Å². The summed E-state index contributed by atoms with van der Waals surface area (Å²) < 4.78 is 10.6. The highest BCUT2D eigenvalue weighted by Crippen LogP contribution is 2.36. The van der Waals surface area contributed by atoms with E-state index in [4.69, 9.17) is 9.47 Å². The van der Waals surface area contributed by atoms with Crippen molar-refractivity contribution in [3.8, 4) is 11.5 Å². The zero-order valence-corrected chi connectivity index (χ0v) is 15.9. The zero-order chi connectivity index (χ0) is 20.4. The van der Waals surface area contributed by atoms with Crippen molar-refractivity contribution in [3.05, 3.63) is 59.7 Å². The number of rotatable bonds is 5. The fraction of sp³-hybridized carbons (Fsp3) is 0.364. The van der Waals surface area contributed by atoms with Crippen LogP contribution in [-0.2, 0) is 22.4 Å². The molecule has 0 aromatic heterocycles. The van der Waals surface area contributed by atoms with Crippen molar-refractivity contribution < 1.29 is 29.3 Å². The highest BCUT2D eigenvalue weighted by atomic mass is 16.7. The minimum atomic E-state index is -1.43. The van der Waals surface area contributed by atoms with E-state index in [-0.39, 0.29) is 38.5 Å². The molecule has 2 aromatic rings. The molecule has 0 saturated carbocycles. The van der Waals surface area contributed by atoms with Crippen molar-refractivity contribution in [2.45, 2.75) is 25.4 Å². The summed E-state index contributed by atoms with van der Waals surface area (Å²) >= 11 is 0. The minimum Gasteiger partial charge on any atom is -0.481 e. The number of aliphatic hydroxyl groups excluding tert-OH is 1. The van der Waals surface area contributed by atoms with Gasteiger partial charge in [-0.25, -0.2) is 0 Å². The number of benzene rings is 2. The normalized spacial score (nSPS) is 23.1. The lowest BCUT2D eigenvalue weighted by molar-refractivity contribution is -0.165. The van der Waals surface area contributed by atoms with Crippen molar-refractivity contribution in [2.75, 3.05) is 19.9 Å². The summed E-state index contributed by atoms with van der Waals surface area (Å²) in [4.78, 5) is 26.7. The summed E-state index contributed by atoms with van der Waals surface area (Å²) in [5, 5.41) is 20.6. The zero-order valence-electron chi connectivity index (χ0n) is 15.9. The molecule has 2 N–H and O–H groups in total. The molecule has 1 fully saturated rings. The van der Waals surface area contributed by atoms with Crippen LogP contribution in [-0.4, -0.2) is 53.0 Å². The second kappa shape index (κ2) is 7.75. The Hall–Kier alpha value is -3.06. The van der Waals surface area contributed by atoms with Crippen molar-refractivity contribution >= 4 is 11.9 Å². The van der Waals surface area contributed by atoms with Gasteiger partial charge in [0.1, 0.15) is 5.41 Å². The molecule has 2 aromatic carbocycles. The van der Waals surface area contributed by atoms with Crippen LogP contribution in [0.25, 0.3) is 0 Å². The Morgan fingerprint density at radius 1 is 1.07 bits per heavy atom. The average molecular weight is 397 g/mol. The third-order valence-electron chi connectivity index (χ3n) is 5.72. The predicted octanol–water partition coefficient (Wildman–Crippen LogP) is 1.86. The molecule has 2 atom stereocenters. The van der Waals surface area contributed by atoms with Crippen molar-refractivity contribution in [1.29, 1.82) is 0 Å². The summed E-state index contributed by atoms with van der Waals surface area (Å²) in [5.74, 6) is -0.00717. The van der Waals surface area contributed by atoms with Gasteiger partial charge in [0.2, 0.25) is 12.7 Å². The van der Waals surface area contributed by atoms with E-state index >= 15 is 0 Å². The molecule has 0 radical (unpaired) electrons. The van der Waals surface area contributed by atoms with Crippen LogP contribution in [0.15, 0.2) is 48.5 Å². The standard InChI is InChI=1S/C22H23NO6/c24-19-8-9-23(13-22(19,21(26)27)12-15-4-2-1-3-5-15)20(25)11-16-6-7-17-18(10-16)29-14-28-17/h1-7,10,19,24H,8-9,11-14H2,(H,26,27)/t19-,22-/m0/s1. The molecular formula is C22H23NO6. The van der Waals surface area contributed by atoms with Crippen molar-refractivity contribution in [2.24, 2.45) is 5.41 Å². The smallest absolute Gasteiger partial charge is 0.314 e. The van der Waals surface area contributed by atoms with E-state index in [9.17, 15) is 19.8 Å². The maximum Gasteiger partial charge on any atom is 0.314 e. The van der Waals surface area contributed by atoms with Crippen LogP contribution in [0.5, 0.6) is 11.5 Å². The second-order valence-corrected chi connectivity index (χ2v) is 7.61. The van der Waals surface area contributed by atoms with E-state index in [2.05, 4.69) is 0 Å². The number of carbonyl (C=O) groups excluding carboxylic acids is 1. The quantitative estimate of drug-likeness (QED) is 0.800. The van der Waals surface area contributed by atoms with E-state index in [1.807, 2.05) is 30.3 Å². The number of piperidine rings is 1. The molecular weight excluding hydrogens is 374 g/mol. The number of hydrogen-bond acceptors (Lipinski definition) is 5. The molecule has 2 aliphatic rings. The molecule has 7 heteroatoms. The van der Waals surface area contributed by atoms with E-state index in [1.54, 1.807) is 23.1 Å². The lowest BCUT2D eigenvalue weighted by Crippen LogP contribution is -2.58. The van der Waals surface area contributed by atoms with Gasteiger partial charge in [0, 0.05) is 13.1 Å². The van der Waals surface area contributed by atoms with Gasteiger partial charge in [-0.05, 0) is 36.1 Å². The molecule has 2 aliphatic heterocycles. The monoisotopic (exact) mass is 397 g/mol. The van der Waals surface area contributed by atoms with Crippen LogP contribution < -0.4 is 9.47 Å². The molecule has 7 nitrogen and oxygen atoms in total. The summed E-state index contributed by atoms with van der Waals surface area (Å²) in [7, 11) is 0. The highest BCUT2D eigenvalue weighted by Gasteiger charge is 2.50. The summed E-state index contributed by atoms with van der Waals surface area (Å²) in [6.45, 7) is 0.466. The molecule has 4 rings (SSSR count). The van der Waals surface area contributed by atoms with Gasteiger partial charge in [-0.2, -0.15) is 0 Å². The Labute approximate surface area is 168 Å². The lowest BCUT2D eigenvalue weighted by atomic mass is 9.72. The number of amides is 1. The highest BCUT2D eigenvalue weighted by molar-refractivity contribution is 5.82. The fourth-order valence-electron chi connectivity index (χ4n) is 4.05. The fourth-order valence-corrected chi connectivity index (χ4v) is 4.05. The lowest BCUT2D eigenvalue weighted by Gasteiger charge is -2.43. The maximum atomic E-state index is 12.9. The van der Waals surface area contributed by atoms with Crippen molar-refractivity contribution in [3.63, 3.8) is 0 Å². The Bertz CT molecular complexity index is 915. The predicted molar refractivity (Wildman–Crippen MR) is 104 cm³/mol.